The average molecular weight is 281 g/mol. The van der Waals surface area contributed by atoms with Crippen molar-refractivity contribution in [1.82, 2.24) is 5.32 Å². The van der Waals surface area contributed by atoms with Gasteiger partial charge in [-0.15, -0.1) is 0 Å². The van der Waals surface area contributed by atoms with Crippen molar-refractivity contribution in [2.75, 3.05) is 18.6 Å². The number of nitrogens with one attached hydrogen (secondary N) is 1. The Balaban J connectivity index is 2.54. The van der Waals surface area contributed by atoms with E-state index in [0.29, 0.717) is 5.75 Å². The predicted octanol–water partition coefficient (Wildman–Crippen LogP) is 3.45. The standard InChI is InChI=1S/C16H27NOS/c1-4-6-7-12-19(18)13-16(17-3)15-10-8-14(5-2)9-11-15/h8-11,16-17H,4-7,12-13H2,1-3H3. The molecule has 2 nitrogen and oxygen atoms in total. The molecule has 108 valence electrons. The Bertz CT molecular complexity index is 375. The van der Waals surface area contributed by atoms with Crippen molar-refractivity contribution in [2.24, 2.45) is 0 Å². The highest BCUT2D eigenvalue weighted by Crippen LogP contribution is 2.16. The Labute approximate surface area is 120 Å². The number of rotatable bonds is 9. The Morgan fingerprint density at radius 1 is 1.16 bits per heavy atom. The first kappa shape index (κ1) is 16.4. The molecule has 19 heavy (non-hydrogen) atoms. The van der Waals surface area contributed by atoms with Gasteiger partial charge in [0.1, 0.15) is 0 Å². The fraction of sp³-hybridized carbons (Fsp3) is 0.625. The molecular formula is C16H27NOS. The molecule has 1 aromatic carbocycles. The summed E-state index contributed by atoms with van der Waals surface area (Å²) in [6, 6.07) is 8.85. The van der Waals surface area contributed by atoms with Crippen molar-refractivity contribution in [3.63, 3.8) is 0 Å². The van der Waals surface area contributed by atoms with Gasteiger partial charge in [-0.2, -0.15) is 0 Å². The molecule has 0 aliphatic heterocycles. The number of unbranched alkanes of at least 4 members (excludes halogenated alkanes) is 2. The third kappa shape index (κ3) is 5.87. The molecule has 2 unspecified atom stereocenters. The molecule has 1 rings (SSSR count). The summed E-state index contributed by atoms with van der Waals surface area (Å²) < 4.78 is 12.1. The summed E-state index contributed by atoms with van der Waals surface area (Å²) in [7, 11) is 1.22. The minimum atomic E-state index is -0.722. The molecule has 0 heterocycles. The van der Waals surface area contributed by atoms with E-state index in [0.717, 1.165) is 18.6 Å². The van der Waals surface area contributed by atoms with E-state index in [1.54, 1.807) is 0 Å². The number of benzene rings is 1. The van der Waals surface area contributed by atoms with Gasteiger partial charge in [0.15, 0.2) is 0 Å². The Kier molecular flexibility index (Phi) is 7.99. The summed E-state index contributed by atoms with van der Waals surface area (Å²) in [4.78, 5) is 0. The lowest BCUT2D eigenvalue weighted by molar-refractivity contribution is 0.632. The fourth-order valence-electron chi connectivity index (χ4n) is 2.11. The minimum absolute atomic E-state index is 0.202. The monoisotopic (exact) mass is 281 g/mol. The minimum Gasteiger partial charge on any atom is -0.312 e. The summed E-state index contributed by atoms with van der Waals surface area (Å²) in [5.74, 6) is 1.55. The van der Waals surface area contributed by atoms with Gasteiger partial charge < -0.3 is 5.32 Å². The van der Waals surface area contributed by atoms with Crippen LogP contribution < -0.4 is 5.32 Å². The molecule has 0 bridgehead atoms. The largest absolute Gasteiger partial charge is 0.312 e. The van der Waals surface area contributed by atoms with Gasteiger partial charge in [0, 0.05) is 28.3 Å². The zero-order valence-corrected chi connectivity index (χ0v) is 13.3. The van der Waals surface area contributed by atoms with Crippen molar-refractivity contribution in [1.29, 1.82) is 0 Å². The molecular weight excluding hydrogens is 254 g/mol. The molecule has 3 heteroatoms. The van der Waals surface area contributed by atoms with Crippen molar-refractivity contribution >= 4 is 10.8 Å². The molecule has 0 aromatic heterocycles. The summed E-state index contributed by atoms with van der Waals surface area (Å²) in [6.45, 7) is 4.34. The summed E-state index contributed by atoms with van der Waals surface area (Å²) in [5.41, 5.74) is 2.59. The quantitative estimate of drug-likeness (QED) is 0.702. The number of hydrogen-bond donors (Lipinski definition) is 1. The van der Waals surface area contributed by atoms with Gasteiger partial charge in [-0.3, -0.25) is 4.21 Å². The second-order valence-electron chi connectivity index (χ2n) is 4.95. The van der Waals surface area contributed by atoms with Crippen LogP contribution in [0.1, 0.15) is 50.3 Å². The van der Waals surface area contributed by atoms with Crippen LogP contribution in [0.4, 0.5) is 0 Å². The van der Waals surface area contributed by atoms with Crippen molar-refractivity contribution in [3.8, 4) is 0 Å². The zero-order valence-electron chi connectivity index (χ0n) is 12.4. The van der Waals surface area contributed by atoms with Crippen LogP contribution in [0.2, 0.25) is 0 Å². The molecule has 0 aliphatic carbocycles. The lowest BCUT2D eigenvalue weighted by Crippen LogP contribution is -2.23. The topological polar surface area (TPSA) is 29.1 Å². The maximum absolute atomic E-state index is 12.1. The summed E-state index contributed by atoms with van der Waals surface area (Å²) in [5, 5.41) is 3.28. The van der Waals surface area contributed by atoms with Gasteiger partial charge in [0.05, 0.1) is 0 Å². The van der Waals surface area contributed by atoms with E-state index >= 15 is 0 Å². The molecule has 2 atom stereocenters. The highest BCUT2D eigenvalue weighted by Gasteiger charge is 2.12. The molecule has 0 amide bonds. The van der Waals surface area contributed by atoms with E-state index in [2.05, 4.69) is 43.4 Å². The van der Waals surface area contributed by atoms with Gasteiger partial charge in [0.25, 0.3) is 0 Å². The second kappa shape index (κ2) is 9.27. The highest BCUT2D eigenvalue weighted by molar-refractivity contribution is 7.85. The molecule has 0 saturated carbocycles. The van der Waals surface area contributed by atoms with Crippen LogP contribution >= 0.6 is 0 Å². The zero-order chi connectivity index (χ0) is 14.1. The molecule has 0 aliphatic rings. The first-order valence-electron chi connectivity index (χ1n) is 7.32. The average Bonchev–Trinajstić information content (AvgIpc) is 2.45. The maximum Gasteiger partial charge on any atom is 0.0434 e. The van der Waals surface area contributed by atoms with E-state index < -0.39 is 10.8 Å². The van der Waals surface area contributed by atoms with Crippen LogP contribution in [-0.2, 0) is 17.2 Å². The van der Waals surface area contributed by atoms with E-state index in [1.165, 1.54) is 24.0 Å². The second-order valence-corrected chi connectivity index (χ2v) is 6.58. The normalized spacial score (nSPS) is 14.3. The van der Waals surface area contributed by atoms with Gasteiger partial charge in [-0.25, -0.2) is 0 Å². The van der Waals surface area contributed by atoms with Crippen LogP contribution in [0.5, 0.6) is 0 Å². The highest BCUT2D eigenvalue weighted by atomic mass is 32.2. The van der Waals surface area contributed by atoms with Crippen LogP contribution in [0, 0.1) is 0 Å². The Morgan fingerprint density at radius 3 is 2.37 bits per heavy atom. The van der Waals surface area contributed by atoms with Gasteiger partial charge in [-0.1, -0.05) is 51.0 Å². The van der Waals surface area contributed by atoms with Crippen molar-refractivity contribution < 1.29 is 4.21 Å². The Morgan fingerprint density at radius 2 is 1.84 bits per heavy atom. The Hall–Kier alpha value is -0.670. The SMILES string of the molecule is CCCCCS(=O)CC(NC)c1ccc(CC)cc1. The van der Waals surface area contributed by atoms with Gasteiger partial charge in [0.2, 0.25) is 0 Å². The van der Waals surface area contributed by atoms with E-state index in [4.69, 9.17) is 0 Å². The van der Waals surface area contributed by atoms with Crippen LogP contribution in [0.3, 0.4) is 0 Å². The summed E-state index contributed by atoms with van der Waals surface area (Å²) in [6.07, 6.45) is 4.51. The van der Waals surface area contributed by atoms with Crippen molar-refractivity contribution in [3.05, 3.63) is 35.4 Å². The molecule has 1 N–H and O–H groups in total. The third-order valence-electron chi connectivity index (χ3n) is 3.47. The molecule has 0 saturated heterocycles. The molecule has 0 fully saturated rings. The number of hydrogen-bond acceptors (Lipinski definition) is 2. The van der Waals surface area contributed by atoms with Crippen LogP contribution in [-0.4, -0.2) is 22.8 Å². The maximum atomic E-state index is 12.1. The lowest BCUT2D eigenvalue weighted by Gasteiger charge is -2.16. The van der Waals surface area contributed by atoms with Gasteiger partial charge >= 0.3 is 0 Å². The molecule has 0 spiro atoms. The molecule has 0 radical (unpaired) electrons. The van der Waals surface area contributed by atoms with E-state index in [9.17, 15) is 4.21 Å². The fourth-order valence-corrected chi connectivity index (χ4v) is 3.54. The number of aryl methyl sites for hydroxylation is 1. The lowest BCUT2D eigenvalue weighted by atomic mass is 10.1. The summed E-state index contributed by atoms with van der Waals surface area (Å²) >= 11 is 0. The van der Waals surface area contributed by atoms with Crippen LogP contribution in [0.25, 0.3) is 0 Å². The third-order valence-corrected chi connectivity index (χ3v) is 4.92. The smallest absolute Gasteiger partial charge is 0.0434 e. The van der Waals surface area contributed by atoms with Gasteiger partial charge in [-0.05, 0) is 31.0 Å². The van der Waals surface area contributed by atoms with Crippen LogP contribution in [0.15, 0.2) is 24.3 Å². The van der Waals surface area contributed by atoms with Crippen molar-refractivity contribution in [2.45, 2.75) is 45.6 Å². The molecule has 1 aromatic rings. The van der Waals surface area contributed by atoms with E-state index in [1.807, 2.05) is 7.05 Å². The first-order valence-corrected chi connectivity index (χ1v) is 8.81. The predicted molar refractivity (Wildman–Crippen MR) is 85.0 cm³/mol. The van der Waals surface area contributed by atoms with E-state index in [-0.39, 0.29) is 6.04 Å². The first-order chi connectivity index (χ1) is 9.21.